The van der Waals surface area contributed by atoms with Gasteiger partial charge < -0.3 is 9.84 Å². The first kappa shape index (κ1) is 13.8. The van der Waals surface area contributed by atoms with Crippen LogP contribution < -0.4 is 4.74 Å². The normalized spacial score (nSPS) is 11.4. The second-order valence-electron chi connectivity index (χ2n) is 4.39. The van der Waals surface area contributed by atoms with Crippen molar-refractivity contribution in [1.82, 2.24) is 0 Å². The van der Waals surface area contributed by atoms with Crippen LogP contribution in [0.15, 0.2) is 12.1 Å². The lowest BCUT2D eigenvalue weighted by Crippen LogP contribution is -2.24. The summed E-state index contributed by atoms with van der Waals surface area (Å²) in [4.78, 5) is 10.8. The SMILES string of the molecule is COc1ccc(Cl)c(F)c1C(C)(C)CC(=O)O. The zero-order valence-electron chi connectivity index (χ0n) is 9.88. The summed E-state index contributed by atoms with van der Waals surface area (Å²) in [6.07, 6.45) is -0.208. The number of hydrogen-bond acceptors (Lipinski definition) is 2. The molecule has 1 N–H and O–H groups in total. The van der Waals surface area contributed by atoms with Crippen molar-refractivity contribution in [3.8, 4) is 5.75 Å². The fraction of sp³-hybridized carbons (Fsp3) is 0.417. The summed E-state index contributed by atoms with van der Waals surface area (Å²) < 4.78 is 19.0. The van der Waals surface area contributed by atoms with Gasteiger partial charge in [0.1, 0.15) is 11.6 Å². The summed E-state index contributed by atoms with van der Waals surface area (Å²) in [7, 11) is 1.41. The smallest absolute Gasteiger partial charge is 0.304 e. The number of carbonyl (C=O) groups is 1. The van der Waals surface area contributed by atoms with Gasteiger partial charge in [0, 0.05) is 11.0 Å². The first-order chi connectivity index (χ1) is 7.79. The van der Waals surface area contributed by atoms with Gasteiger partial charge in [-0.15, -0.1) is 0 Å². The maximum atomic E-state index is 14.0. The van der Waals surface area contributed by atoms with E-state index in [9.17, 15) is 9.18 Å². The van der Waals surface area contributed by atoms with Gasteiger partial charge in [0.25, 0.3) is 0 Å². The molecule has 1 aromatic rings. The molecule has 0 aromatic heterocycles. The van der Waals surface area contributed by atoms with Crippen molar-refractivity contribution in [3.63, 3.8) is 0 Å². The molecule has 1 rings (SSSR count). The molecule has 0 fully saturated rings. The number of hydrogen-bond donors (Lipinski definition) is 1. The van der Waals surface area contributed by atoms with E-state index in [4.69, 9.17) is 21.4 Å². The third-order valence-electron chi connectivity index (χ3n) is 2.55. The number of aliphatic carboxylic acids is 1. The minimum atomic E-state index is -1.00. The quantitative estimate of drug-likeness (QED) is 0.904. The molecule has 0 aliphatic rings. The topological polar surface area (TPSA) is 46.5 Å². The zero-order valence-corrected chi connectivity index (χ0v) is 10.6. The molecule has 0 aliphatic heterocycles. The van der Waals surface area contributed by atoms with Crippen LogP contribution in [0.2, 0.25) is 5.02 Å². The van der Waals surface area contributed by atoms with Crippen molar-refractivity contribution in [2.45, 2.75) is 25.7 Å². The van der Waals surface area contributed by atoms with Gasteiger partial charge in [-0.25, -0.2) is 4.39 Å². The molecule has 0 heterocycles. The largest absolute Gasteiger partial charge is 0.496 e. The van der Waals surface area contributed by atoms with E-state index in [1.54, 1.807) is 13.8 Å². The van der Waals surface area contributed by atoms with Gasteiger partial charge in [-0.2, -0.15) is 0 Å². The molecule has 0 saturated carbocycles. The first-order valence-corrected chi connectivity index (χ1v) is 5.41. The predicted molar refractivity (Wildman–Crippen MR) is 63.2 cm³/mol. The van der Waals surface area contributed by atoms with Gasteiger partial charge in [-0.1, -0.05) is 25.4 Å². The van der Waals surface area contributed by atoms with Crippen LogP contribution in [0.1, 0.15) is 25.8 Å². The second kappa shape index (κ2) is 4.92. The molecule has 0 atom stereocenters. The highest BCUT2D eigenvalue weighted by Crippen LogP contribution is 2.38. The molecule has 0 saturated heterocycles. The van der Waals surface area contributed by atoms with Crippen LogP contribution in [0.3, 0.4) is 0 Å². The van der Waals surface area contributed by atoms with E-state index >= 15 is 0 Å². The van der Waals surface area contributed by atoms with Crippen molar-refractivity contribution in [2.24, 2.45) is 0 Å². The Balaban J connectivity index is 3.37. The number of methoxy groups -OCH3 is 1. The molecule has 1 aromatic carbocycles. The summed E-state index contributed by atoms with van der Waals surface area (Å²) in [5.74, 6) is -1.33. The Morgan fingerprint density at radius 2 is 2.12 bits per heavy atom. The molecule has 94 valence electrons. The van der Waals surface area contributed by atoms with Crippen LogP contribution in [0.25, 0.3) is 0 Å². The number of carboxylic acids is 1. The standard InChI is InChI=1S/C12H14ClFO3/c1-12(2,6-9(15)16)10-8(17-3)5-4-7(13)11(10)14/h4-5H,6H2,1-3H3,(H,15,16). The minimum Gasteiger partial charge on any atom is -0.496 e. The monoisotopic (exact) mass is 260 g/mol. The van der Waals surface area contributed by atoms with Gasteiger partial charge in [0.15, 0.2) is 0 Å². The summed E-state index contributed by atoms with van der Waals surface area (Å²) in [6, 6.07) is 2.92. The molecule has 0 aliphatic carbocycles. The lowest BCUT2D eigenvalue weighted by Gasteiger charge is -2.26. The molecule has 3 nitrogen and oxygen atoms in total. The molecule has 0 bridgehead atoms. The van der Waals surface area contributed by atoms with E-state index in [2.05, 4.69) is 0 Å². The minimum absolute atomic E-state index is 0.0423. The Bertz CT molecular complexity index is 444. The van der Waals surface area contributed by atoms with E-state index in [-0.39, 0.29) is 17.0 Å². The summed E-state index contributed by atoms with van der Waals surface area (Å²) in [5.41, 5.74) is -0.707. The lowest BCUT2D eigenvalue weighted by atomic mass is 9.80. The van der Waals surface area contributed by atoms with E-state index in [0.717, 1.165) is 0 Å². The zero-order chi connectivity index (χ0) is 13.2. The molecule has 0 unspecified atom stereocenters. The van der Waals surface area contributed by atoms with Gasteiger partial charge in [-0.3, -0.25) is 4.79 Å². The van der Waals surface area contributed by atoms with Crippen LogP contribution in [-0.4, -0.2) is 18.2 Å². The molecule has 0 radical (unpaired) electrons. The molecule has 0 amide bonds. The third-order valence-corrected chi connectivity index (χ3v) is 2.84. The highest BCUT2D eigenvalue weighted by Gasteiger charge is 2.31. The molecular formula is C12H14ClFO3. The van der Waals surface area contributed by atoms with Crippen LogP contribution in [0, 0.1) is 5.82 Å². The lowest BCUT2D eigenvalue weighted by molar-refractivity contribution is -0.138. The second-order valence-corrected chi connectivity index (χ2v) is 4.80. The Morgan fingerprint density at radius 1 is 1.53 bits per heavy atom. The molecule has 17 heavy (non-hydrogen) atoms. The molecule has 5 heteroatoms. The number of rotatable bonds is 4. The van der Waals surface area contributed by atoms with Gasteiger partial charge in [-0.05, 0) is 12.1 Å². The Morgan fingerprint density at radius 3 is 2.59 bits per heavy atom. The summed E-state index contributed by atoms with van der Waals surface area (Å²) in [5, 5.41) is 8.80. The van der Waals surface area contributed by atoms with Gasteiger partial charge >= 0.3 is 5.97 Å². The molecular weight excluding hydrogens is 247 g/mol. The Hall–Kier alpha value is -1.29. The van der Waals surface area contributed by atoms with Crippen LogP contribution in [0.5, 0.6) is 5.75 Å². The van der Waals surface area contributed by atoms with E-state index < -0.39 is 17.2 Å². The van der Waals surface area contributed by atoms with Crippen LogP contribution in [-0.2, 0) is 10.2 Å². The van der Waals surface area contributed by atoms with Crippen molar-refractivity contribution in [1.29, 1.82) is 0 Å². The average molecular weight is 261 g/mol. The average Bonchev–Trinajstić information content (AvgIpc) is 2.19. The maximum absolute atomic E-state index is 14.0. The third kappa shape index (κ3) is 2.88. The van der Waals surface area contributed by atoms with Crippen molar-refractivity contribution >= 4 is 17.6 Å². The van der Waals surface area contributed by atoms with Crippen molar-refractivity contribution < 1.29 is 19.0 Å². The van der Waals surface area contributed by atoms with Crippen LogP contribution in [0.4, 0.5) is 4.39 Å². The number of carboxylic acid groups (broad SMARTS) is 1. The van der Waals surface area contributed by atoms with Crippen molar-refractivity contribution in [2.75, 3.05) is 7.11 Å². The fourth-order valence-electron chi connectivity index (χ4n) is 1.80. The van der Waals surface area contributed by atoms with Crippen molar-refractivity contribution in [3.05, 3.63) is 28.5 Å². The summed E-state index contributed by atoms with van der Waals surface area (Å²) in [6.45, 7) is 3.27. The molecule has 0 spiro atoms. The van der Waals surface area contributed by atoms with Gasteiger partial charge in [0.2, 0.25) is 0 Å². The number of ether oxygens (including phenoxy) is 1. The van der Waals surface area contributed by atoms with E-state index in [1.165, 1.54) is 19.2 Å². The number of benzene rings is 1. The maximum Gasteiger partial charge on any atom is 0.304 e. The Kier molecular flexibility index (Phi) is 3.98. The summed E-state index contributed by atoms with van der Waals surface area (Å²) >= 11 is 5.71. The van der Waals surface area contributed by atoms with Gasteiger partial charge in [0.05, 0.1) is 18.6 Å². The van der Waals surface area contributed by atoms with E-state index in [0.29, 0.717) is 5.75 Å². The fourth-order valence-corrected chi connectivity index (χ4v) is 1.96. The predicted octanol–water partition coefficient (Wildman–Crippen LogP) is 3.24. The Labute approximate surface area is 104 Å². The number of halogens is 2. The van der Waals surface area contributed by atoms with E-state index in [1.807, 2.05) is 0 Å². The van der Waals surface area contributed by atoms with Crippen LogP contribution >= 0.6 is 11.6 Å². The highest BCUT2D eigenvalue weighted by molar-refractivity contribution is 6.30. The highest BCUT2D eigenvalue weighted by atomic mass is 35.5. The first-order valence-electron chi connectivity index (χ1n) is 5.04.